The van der Waals surface area contributed by atoms with E-state index in [0.29, 0.717) is 11.1 Å². The molecule has 4 aromatic rings. The molecule has 3 aromatic heterocycles. The van der Waals surface area contributed by atoms with E-state index < -0.39 is 40.1 Å². The maximum Gasteiger partial charge on any atom is 0.420 e. The predicted molar refractivity (Wildman–Crippen MR) is 105 cm³/mol. The fourth-order valence-corrected chi connectivity index (χ4v) is 2.91. The Morgan fingerprint density at radius 3 is 2.28 bits per heavy atom. The highest BCUT2D eigenvalue weighted by molar-refractivity contribution is 6.32. The highest BCUT2D eigenvalue weighted by atomic mass is 35.5. The van der Waals surface area contributed by atoms with Gasteiger partial charge in [-0.25, -0.2) is 14.2 Å². The zero-order chi connectivity index (χ0) is 23.6. The van der Waals surface area contributed by atoms with Crippen LogP contribution in [-0.4, -0.2) is 26.4 Å². The van der Waals surface area contributed by atoms with Crippen LogP contribution >= 0.6 is 11.6 Å². The summed E-state index contributed by atoms with van der Waals surface area (Å²) in [4.78, 5) is 24.9. The molecule has 0 bridgehead atoms. The van der Waals surface area contributed by atoms with Gasteiger partial charge < -0.3 is 15.3 Å². The normalized spacial score (nSPS) is 11.2. The van der Waals surface area contributed by atoms with Crippen LogP contribution in [0.2, 0.25) is 5.15 Å². The average Bonchev–Trinajstić information content (AvgIpc) is 3.36. The standard InChI is InChI=1S/C13H6ClF3N2O3.C7H6FNO/c14-10-9(12(20)21)18-11-8(13(15,16)17)3-7(4-19(10)11)6-1-2-22-5-6;8-6-3-1-5(2-4-6)7(9)10/h1-5H,(H,20,21);1-4H,(H2,9,10). The lowest BCUT2D eigenvalue weighted by molar-refractivity contribution is -0.136. The second-order valence-electron chi connectivity index (χ2n) is 6.27. The van der Waals surface area contributed by atoms with E-state index in [1.807, 2.05) is 0 Å². The molecule has 0 aliphatic carbocycles. The van der Waals surface area contributed by atoms with E-state index in [1.54, 1.807) is 0 Å². The third-order valence-corrected chi connectivity index (χ3v) is 4.51. The Balaban J connectivity index is 0.000000243. The number of aromatic carboxylic acids is 1. The van der Waals surface area contributed by atoms with Crippen LogP contribution in [0.25, 0.3) is 16.8 Å². The second-order valence-corrected chi connectivity index (χ2v) is 6.63. The number of carboxylic acid groups (broad SMARTS) is 1. The van der Waals surface area contributed by atoms with Crippen LogP contribution in [0.3, 0.4) is 0 Å². The molecule has 0 fully saturated rings. The smallest absolute Gasteiger partial charge is 0.420 e. The van der Waals surface area contributed by atoms with Crippen LogP contribution < -0.4 is 5.73 Å². The summed E-state index contributed by atoms with van der Waals surface area (Å²) in [5.74, 6) is -2.42. The van der Waals surface area contributed by atoms with Crippen molar-refractivity contribution in [1.82, 2.24) is 9.38 Å². The topological polar surface area (TPSA) is 111 Å². The number of imidazole rings is 1. The maximum absolute atomic E-state index is 13.2. The van der Waals surface area contributed by atoms with Gasteiger partial charge in [-0.1, -0.05) is 11.6 Å². The Kier molecular flexibility index (Phi) is 6.21. The van der Waals surface area contributed by atoms with E-state index in [2.05, 4.69) is 4.98 Å². The molecular formula is C20H12ClF4N3O4. The van der Waals surface area contributed by atoms with Gasteiger partial charge in [0, 0.05) is 22.9 Å². The number of furan rings is 1. The number of carbonyl (C=O) groups excluding carboxylic acids is 1. The van der Waals surface area contributed by atoms with Gasteiger partial charge in [0.1, 0.15) is 11.0 Å². The monoisotopic (exact) mass is 469 g/mol. The number of nitrogens with zero attached hydrogens (tertiary/aromatic N) is 2. The number of rotatable bonds is 3. The summed E-state index contributed by atoms with van der Waals surface area (Å²) in [7, 11) is 0. The van der Waals surface area contributed by atoms with Gasteiger partial charge in [-0.15, -0.1) is 0 Å². The molecule has 1 aromatic carbocycles. The van der Waals surface area contributed by atoms with Crippen LogP contribution in [0.5, 0.6) is 0 Å². The molecule has 0 saturated carbocycles. The van der Waals surface area contributed by atoms with E-state index >= 15 is 0 Å². The third kappa shape index (κ3) is 4.72. The number of primary amides is 1. The minimum absolute atomic E-state index is 0.171. The van der Waals surface area contributed by atoms with Crippen molar-refractivity contribution in [2.45, 2.75) is 6.18 Å². The largest absolute Gasteiger partial charge is 0.476 e. The van der Waals surface area contributed by atoms with Crippen LogP contribution in [0.4, 0.5) is 17.6 Å². The summed E-state index contributed by atoms with van der Waals surface area (Å²) >= 11 is 5.84. The number of fused-ring (bicyclic) bond motifs is 1. The van der Waals surface area contributed by atoms with Gasteiger partial charge in [0.25, 0.3) is 0 Å². The van der Waals surface area contributed by atoms with Crippen molar-refractivity contribution in [2.75, 3.05) is 0 Å². The lowest BCUT2D eigenvalue weighted by Gasteiger charge is -2.10. The molecule has 32 heavy (non-hydrogen) atoms. The third-order valence-electron chi connectivity index (χ3n) is 4.15. The van der Waals surface area contributed by atoms with E-state index in [-0.39, 0.29) is 11.4 Å². The van der Waals surface area contributed by atoms with E-state index in [0.717, 1.165) is 10.5 Å². The molecule has 0 saturated heterocycles. The van der Waals surface area contributed by atoms with Crippen molar-refractivity contribution < 1.29 is 36.7 Å². The van der Waals surface area contributed by atoms with Gasteiger partial charge in [0.15, 0.2) is 11.3 Å². The van der Waals surface area contributed by atoms with Gasteiger partial charge in [-0.3, -0.25) is 9.20 Å². The Morgan fingerprint density at radius 2 is 1.78 bits per heavy atom. The molecule has 3 N–H and O–H groups in total. The Labute approximate surface area is 181 Å². The SMILES string of the molecule is NC(=O)c1ccc(F)cc1.O=C(O)c1nc2c(C(F)(F)F)cc(-c3ccoc3)cn2c1Cl. The molecule has 0 unspecified atom stereocenters. The van der Waals surface area contributed by atoms with Crippen LogP contribution in [-0.2, 0) is 6.18 Å². The molecule has 166 valence electrons. The summed E-state index contributed by atoms with van der Waals surface area (Å²) in [6.07, 6.45) is -0.863. The lowest BCUT2D eigenvalue weighted by atomic mass is 10.1. The number of alkyl halides is 3. The Morgan fingerprint density at radius 1 is 1.12 bits per heavy atom. The first-order valence-corrected chi connectivity index (χ1v) is 8.97. The maximum atomic E-state index is 13.2. The molecule has 0 aliphatic rings. The van der Waals surface area contributed by atoms with Crippen LogP contribution in [0.1, 0.15) is 26.4 Å². The molecule has 7 nitrogen and oxygen atoms in total. The summed E-state index contributed by atoms with van der Waals surface area (Å²) in [5, 5.41) is 8.55. The van der Waals surface area contributed by atoms with E-state index in [9.17, 15) is 27.2 Å². The molecule has 1 amide bonds. The number of aromatic nitrogens is 2. The number of nitrogens with two attached hydrogens (primary N) is 1. The van der Waals surface area contributed by atoms with Gasteiger partial charge in [0.2, 0.25) is 5.91 Å². The predicted octanol–water partition coefficient (Wildman–Crippen LogP) is 4.89. The van der Waals surface area contributed by atoms with Crippen molar-refractivity contribution in [3.05, 3.63) is 82.9 Å². The summed E-state index contributed by atoms with van der Waals surface area (Å²) < 4.78 is 57.6. The van der Waals surface area contributed by atoms with Gasteiger partial charge in [-0.2, -0.15) is 13.2 Å². The van der Waals surface area contributed by atoms with Crippen molar-refractivity contribution in [1.29, 1.82) is 0 Å². The first-order valence-electron chi connectivity index (χ1n) is 8.59. The first kappa shape index (κ1) is 22.8. The molecule has 0 spiro atoms. The van der Waals surface area contributed by atoms with E-state index in [4.69, 9.17) is 26.9 Å². The molecule has 0 radical (unpaired) electrons. The highest BCUT2D eigenvalue weighted by Crippen LogP contribution is 2.37. The second kappa shape index (κ2) is 8.71. The van der Waals surface area contributed by atoms with Gasteiger partial charge in [0.05, 0.1) is 18.1 Å². The van der Waals surface area contributed by atoms with Gasteiger partial charge in [-0.05, 0) is 36.4 Å². The van der Waals surface area contributed by atoms with Crippen LogP contribution in [0, 0.1) is 5.82 Å². The number of pyridine rings is 1. The molecule has 3 heterocycles. The number of hydrogen-bond donors (Lipinski definition) is 2. The zero-order valence-corrected chi connectivity index (χ0v) is 16.5. The fourth-order valence-electron chi connectivity index (χ4n) is 2.66. The summed E-state index contributed by atoms with van der Waals surface area (Å²) in [6, 6.07) is 7.43. The highest BCUT2D eigenvalue weighted by Gasteiger charge is 2.36. The Bertz CT molecular complexity index is 1280. The molecule has 12 heteroatoms. The number of amides is 1. The quantitative estimate of drug-likeness (QED) is 0.415. The van der Waals surface area contributed by atoms with Crippen molar-refractivity contribution in [2.24, 2.45) is 5.73 Å². The first-order chi connectivity index (χ1) is 15.0. The number of hydrogen-bond acceptors (Lipinski definition) is 4. The lowest BCUT2D eigenvalue weighted by Crippen LogP contribution is -2.10. The average molecular weight is 470 g/mol. The number of halogens is 5. The summed E-state index contributed by atoms with van der Waals surface area (Å²) in [6.45, 7) is 0. The van der Waals surface area contributed by atoms with Crippen molar-refractivity contribution >= 4 is 29.1 Å². The fraction of sp³-hybridized carbons (Fsp3) is 0.0500. The molecule has 4 rings (SSSR count). The Hall–Kier alpha value is -3.86. The molecule has 0 aliphatic heterocycles. The van der Waals surface area contributed by atoms with E-state index in [1.165, 1.54) is 49.1 Å². The number of carbonyl (C=O) groups is 2. The number of benzene rings is 1. The van der Waals surface area contributed by atoms with Crippen molar-refractivity contribution in [3.8, 4) is 11.1 Å². The van der Waals surface area contributed by atoms with Gasteiger partial charge >= 0.3 is 12.1 Å². The number of carboxylic acids is 1. The molecular weight excluding hydrogens is 458 g/mol. The van der Waals surface area contributed by atoms with Crippen molar-refractivity contribution in [3.63, 3.8) is 0 Å². The molecule has 0 atom stereocenters. The van der Waals surface area contributed by atoms with Crippen LogP contribution in [0.15, 0.2) is 59.5 Å². The minimum Gasteiger partial charge on any atom is -0.476 e. The zero-order valence-electron chi connectivity index (χ0n) is 15.7. The summed E-state index contributed by atoms with van der Waals surface area (Å²) in [5.41, 5.74) is 3.50. The minimum atomic E-state index is -4.72.